The summed E-state index contributed by atoms with van der Waals surface area (Å²) < 4.78 is 31.6. The summed E-state index contributed by atoms with van der Waals surface area (Å²) in [6, 6.07) is 5.14. The van der Waals surface area contributed by atoms with Crippen LogP contribution in [0.4, 0.5) is 8.78 Å². The molecule has 7 heteroatoms. The zero-order valence-corrected chi connectivity index (χ0v) is 13.5. The average molecular weight is 335 g/mol. The highest BCUT2D eigenvalue weighted by Gasteiger charge is 2.38. The van der Waals surface area contributed by atoms with E-state index in [1.807, 2.05) is 13.8 Å². The number of hydrogen-bond acceptors (Lipinski definition) is 4. The molecular formula is C17H19F2N3O2. The summed E-state index contributed by atoms with van der Waals surface area (Å²) in [5.41, 5.74) is 0.840. The summed E-state index contributed by atoms with van der Waals surface area (Å²) in [6.07, 6.45) is 2.04. The molecule has 1 aliphatic rings. The van der Waals surface area contributed by atoms with Gasteiger partial charge >= 0.3 is 0 Å². The predicted octanol–water partition coefficient (Wildman–Crippen LogP) is 2.91. The van der Waals surface area contributed by atoms with Crippen LogP contribution in [0.5, 0.6) is 0 Å². The van der Waals surface area contributed by atoms with Crippen LogP contribution >= 0.6 is 0 Å². The Morgan fingerprint density at radius 3 is 2.75 bits per heavy atom. The maximum absolute atomic E-state index is 13.7. The van der Waals surface area contributed by atoms with E-state index in [9.17, 15) is 13.6 Å². The molecule has 0 saturated carbocycles. The molecule has 1 aliphatic heterocycles. The van der Waals surface area contributed by atoms with Crippen LogP contribution in [0.1, 0.15) is 42.4 Å². The fourth-order valence-corrected chi connectivity index (χ4v) is 3.24. The van der Waals surface area contributed by atoms with Gasteiger partial charge in [0.2, 0.25) is 0 Å². The lowest BCUT2D eigenvalue weighted by Crippen LogP contribution is -2.41. The van der Waals surface area contributed by atoms with Crippen molar-refractivity contribution in [1.29, 1.82) is 0 Å². The Hall–Kier alpha value is -2.28. The van der Waals surface area contributed by atoms with Crippen LogP contribution in [-0.2, 0) is 0 Å². The fraction of sp³-hybridized carbons (Fsp3) is 0.412. The van der Waals surface area contributed by atoms with Gasteiger partial charge < -0.3 is 9.84 Å². The molecule has 2 aromatic rings. The van der Waals surface area contributed by atoms with Gasteiger partial charge in [0.05, 0.1) is 12.1 Å². The Morgan fingerprint density at radius 1 is 1.33 bits per heavy atom. The molecular weight excluding hydrogens is 316 g/mol. The molecule has 0 spiro atoms. The molecule has 24 heavy (non-hydrogen) atoms. The molecule has 2 heterocycles. The zero-order chi connectivity index (χ0) is 17.3. The number of likely N-dealkylation sites (tertiary alicyclic amines) is 1. The largest absolute Gasteiger partial charge is 0.364 e. The van der Waals surface area contributed by atoms with Gasteiger partial charge in [-0.25, -0.2) is 8.78 Å². The lowest BCUT2D eigenvalue weighted by atomic mass is 9.99. The third-order valence-corrected chi connectivity index (χ3v) is 4.37. The van der Waals surface area contributed by atoms with Crippen molar-refractivity contribution >= 4 is 5.91 Å². The lowest BCUT2D eigenvalue weighted by Gasteiger charge is -2.31. The van der Waals surface area contributed by atoms with Crippen molar-refractivity contribution in [3.63, 3.8) is 0 Å². The molecule has 1 N–H and O–H groups in total. The van der Waals surface area contributed by atoms with Crippen LogP contribution in [0.2, 0.25) is 0 Å². The first-order valence-electron chi connectivity index (χ1n) is 7.89. The van der Waals surface area contributed by atoms with E-state index in [2.05, 4.69) is 19.9 Å². The summed E-state index contributed by atoms with van der Waals surface area (Å²) in [5, 5.41) is 6.56. The number of nitrogens with one attached hydrogen (secondary N) is 1. The number of nitrogens with zero attached hydrogens (tertiary/aromatic N) is 2. The van der Waals surface area contributed by atoms with Gasteiger partial charge in [0.1, 0.15) is 6.26 Å². The molecule has 5 nitrogen and oxygen atoms in total. The van der Waals surface area contributed by atoms with Gasteiger partial charge in [-0.2, -0.15) is 0 Å². The fourth-order valence-electron chi connectivity index (χ4n) is 3.24. The standard InChI is InChI=1S/C17H19F2N3O2/c1-10(2)22-7-5-14(20-17(23)15-6-8-24-21-15)16(22)11-3-4-12(18)13(19)9-11/h3-4,6,8-10,14,16H,5,7H2,1-2H3,(H,20,23). The number of hydrogen-bond donors (Lipinski definition) is 1. The minimum atomic E-state index is -0.885. The molecule has 128 valence electrons. The number of carbonyl (C=O) groups is 1. The second kappa shape index (κ2) is 6.68. The summed E-state index contributed by atoms with van der Waals surface area (Å²) >= 11 is 0. The molecule has 0 radical (unpaired) electrons. The van der Waals surface area contributed by atoms with E-state index in [-0.39, 0.29) is 29.7 Å². The minimum absolute atomic E-state index is 0.196. The molecule has 2 unspecified atom stereocenters. The molecule has 1 amide bonds. The van der Waals surface area contributed by atoms with E-state index in [1.54, 1.807) is 6.07 Å². The summed E-state index contributed by atoms with van der Waals surface area (Å²) in [5.74, 6) is -2.10. The predicted molar refractivity (Wildman–Crippen MR) is 83.3 cm³/mol. The highest BCUT2D eigenvalue weighted by molar-refractivity contribution is 5.92. The summed E-state index contributed by atoms with van der Waals surface area (Å²) in [6.45, 7) is 4.83. The number of rotatable bonds is 4. The maximum Gasteiger partial charge on any atom is 0.273 e. The normalized spacial score (nSPS) is 21.4. The number of benzene rings is 1. The van der Waals surface area contributed by atoms with Gasteiger partial charge in [-0.3, -0.25) is 9.69 Å². The van der Waals surface area contributed by atoms with Crippen molar-refractivity contribution in [3.8, 4) is 0 Å². The van der Waals surface area contributed by atoms with E-state index in [0.29, 0.717) is 12.0 Å². The van der Waals surface area contributed by atoms with Crippen LogP contribution in [-0.4, -0.2) is 34.6 Å². The van der Waals surface area contributed by atoms with Gasteiger partial charge in [0.15, 0.2) is 17.3 Å². The van der Waals surface area contributed by atoms with Gasteiger partial charge in [-0.05, 0) is 38.0 Å². The van der Waals surface area contributed by atoms with Crippen LogP contribution in [0.3, 0.4) is 0 Å². The van der Waals surface area contributed by atoms with E-state index < -0.39 is 11.6 Å². The summed E-state index contributed by atoms with van der Waals surface area (Å²) in [7, 11) is 0. The van der Waals surface area contributed by atoms with Crippen LogP contribution < -0.4 is 5.32 Å². The second-order valence-electron chi connectivity index (χ2n) is 6.20. The Kier molecular flexibility index (Phi) is 4.62. The van der Waals surface area contributed by atoms with Crippen LogP contribution in [0, 0.1) is 11.6 Å². The Labute approximate surface area is 138 Å². The molecule has 3 rings (SSSR count). The van der Waals surface area contributed by atoms with Gasteiger partial charge in [-0.1, -0.05) is 11.2 Å². The maximum atomic E-state index is 13.7. The number of halogens is 2. The van der Waals surface area contributed by atoms with Gasteiger partial charge in [0, 0.05) is 18.7 Å². The van der Waals surface area contributed by atoms with E-state index >= 15 is 0 Å². The quantitative estimate of drug-likeness (QED) is 0.933. The monoisotopic (exact) mass is 335 g/mol. The van der Waals surface area contributed by atoms with Crippen molar-refractivity contribution in [1.82, 2.24) is 15.4 Å². The van der Waals surface area contributed by atoms with Crippen LogP contribution in [0.25, 0.3) is 0 Å². The summed E-state index contributed by atoms with van der Waals surface area (Å²) in [4.78, 5) is 14.4. The first kappa shape index (κ1) is 16.6. The highest BCUT2D eigenvalue weighted by atomic mass is 19.2. The van der Waals surface area contributed by atoms with Gasteiger partial charge in [-0.15, -0.1) is 0 Å². The second-order valence-corrected chi connectivity index (χ2v) is 6.20. The van der Waals surface area contributed by atoms with Crippen LogP contribution in [0.15, 0.2) is 35.1 Å². The van der Waals surface area contributed by atoms with Crippen molar-refractivity contribution in [2.75, 3.05) is 6.54 Å². The first-order chi connectivity index (χ1) is 11.5. The third-order valence-electron chi connectivity index (χ3n) is 4.37. The molecule has 2 atom stereocenters. The van der Waals surface area contributed by atoms with E-state index in [1.165, 1.54) is 18.4 Å². The molecule has 0 bridgehead atoms. The molecule has 1 saturated heterocycles. The van der Waals surface area contributed by atoms with Crippen molar-refractivity contribution < 1.29 is 18.1 Å². The third kappa shape index (κ3) is 3.17. The van der Waals surface area contributed by atoms with Crippen molar-refractivity contribution in [3.05, 3.63) is 53.4 Å². The average Bonchev–Trinajstić information content (AvgIpc) is 3.19. The Balaban J connectivity index is 1.87. The Bertz CT molecular complexity index is 719. The Morgan fingerprint density at radius 2 is 2.12 bits per heavy atom. The minimum Gasteiger partial charge on any atom is -0.364 e. The van der Waals surface area contributed by atoms with Crippen molar-refractivity contribution in [2.24, 2.45) is 0 Å². The SMILES string of the molecule is CC(C)N1CCC(NC(=O)c2ccon2)C1c1ccc(F)c(F)c1. The van der Waals surface area contributed by atoms with Crippen molar-refractivity contribution in [2.45, 2.75) is 38.4 Å². The first-order valence-corrected chi connectivity index (χ1v) is 7.89. The lowest BCUT2D eigenvalue weighted by molar-refractivity contribution is 0.0910. The number of amides is 1. The number of aromatic nitrogens is 1. The highest BCUT2D eigenvalue weighted by Crippen LogP contribution is 2.34. The zero-order valence-electron chi connectivity index (χ0n) is 13.5. The number of carbonyl (C=O) groups excluding carboxylic acids is 1. The molecule has 0 aliphatic carbocycles. The van der Waals surface area contributed by atoms with E-state index in [4.69, 9.17) is 0 Å². The molecule has 1 fully saturated rings. The van der Waals surface area contributed by atoms with E-state index in [0.717, 1.165) is 12.6 Å². The molecule has 1 aromatic heterocycles. The van der Waals surface area contributed by atoms with Gasteiger partial charge in [0.25, 0.3) is 5.91 Å². The molecule has 1 aromatic carbocycles. The smallest absolute Gasteiger partial charge is 0.273 e. The topological polar surface area (TPSA) is 58.4 Å².